The summed E-state index contributed by atoms with van der Waals surface area (Å²) in [6.07, 6.45) is 0. The smallest absolute Gasteiger partial charge is 0.335 e. The van der Waals surface area contributed by atoms with Crippen molar-refractivity contribution in [2.45, 2.75) is 4.34 Å². The molecule has 4 aromatic rings. The molecule has 0 saturated heterocycles. The van der Waals surface area contributed by atoms with Crippen LogP contribution in [0.25, 0.3) is 21.6 Å². The lowest BCUT2D eigenvalue weighted by Crippen LogP contribution is -2.14. The highest BCUT2D eigenvalue weighted by Crippen LogP contribution is 2.29. The Morgan fingerprint density at radius 3 is 2.76 bits per heavy atom. The highest BCUT2D eigenvalue weighted by atomic mass is 32.2. The van der Waals surface area contributed by atoms with Gasteiger partial charge < -0.3 is 10.4 Å². The van der Waals surface area contributed by atoms with E-state index in [-0.39, 0.29) is 17.2 Å². The largest absolute Gasteiger partial charge is 0.478 e. The maximum absolute atomic E-state index is 12.2. The van der Waals surface area contributed by atoms with Crippen LogP contribution in [-0.2, 0) is 4.79 Å². The molecule has 2 heterocycles. The van der Waals surface area contributed by atoms with Crippen LogP contribution in [0.15, 0.2) is 65.0 Å². The summed E-state index contributed by atoms with van der Waals surface area (Å²) in [6, 6.07) is 17.8. The lowest BCUT2D eigenvalue weighted by molar-refractivity contribution is -0.113. The zero-order valence-electron chi connectivity index (χ0n) is 14.9. The van der Waals surface area contributed by atoms with Gasteiger partial charge in [0.25, 0.3) is 0 Å². The second kappa shape index (κ2) is 8.38. The van der Waals surface area contributed by atoms with Crippen molar-refractivity contribution in [2.75, 3.05) is 11.1 Å². The van der Waals surface area contributed by atoms with E-state index in [1.807, 2.05) is 36.4 Å². The third-order valence-electron chi connectivity index (χ3n) is 3.94. The Hall–Kier alpha value is -3.30. The summed E-state index contributed by atoms with van der Waals surface area (Å²) in [4.78, 5) is 27.8. The molecule has 0 unspecified atom stereocenters. The average molecular weight is 422 g/mol. The number of anilines is 1. The molecule has 4 rings (SSSR count). The molecule has 0 atom stereocenters. The molecule has 2 aromatic carbocycles. The average Bonchev–Trinajstić information content (AvgIpc) is 3.21. The lowest BCUT2D eigenvalue weighted by atomic mass is 10.2. The number of nitrogens with zero attached hydrogens (tertiary/aromatic N) is 3. The first kappa shape index (κ1) is 19.0. The van der Waals surface area contributed by atoms with Crippen LogP contribution in [0, 0.1) is 0 Å². The van der Waals surface area contributed by atoms with Gasteiger partial charge in [0, 0.05) is 11.1 Å². The first-order valence-corrected chi connectivity index (χ1v) is 10.3. The van der Waals surface area contributed by atoms with E-state index < -0.39 is 5.97 Å². The molecule has 0 spiro atoms. The van der Waals surface area contributed by atoms with Gasteiger partial charge in [-0.25, -0.2) is 9.78 Å². The quantitative estimate of drug-likeness (QED) is 0.449. The Bertz CT molecular complexity index is 1210. The molecule has 0 aliphatic carbocycles. The van der Waals surface area contributed by atoms with Gasteiger partial charge in [0.1, 0.15) is 5.69 Å². The number of hydrogen-bond acceptors (Lipinski definition) is 7. The van der Waals surface area contributed by atoms with Gasteiger partial charge in [-0.1, -0.05) is 53.4 Å². The Labute approximate surface area is 173 Å². The fourth-order valence-electron chi connectivity index (χ4n) is 2.61. The number of para-hydroxylation sites is 1. The van der Waals surface area contributed by atoms with Crippen LogP contribution in [0.1, 0.15) is 10.4 Å². The van der Waals surface area contributed by atoms with Crippen molar-refractivity contribution in [3.05, 3.63) is 66.2 Å². The molecule has 2 aromatic heterocycles. The van der Waals surface area contributed by atoms with Crippen LogP contribution in [0.4, 0.5) is 5.69 Å². The van der Waals surface area contributed by atoms with Crippen LogP contribution < -0.4 is 5.32 Å². The molecule has 0 saturated carbocycles. The molecular weight excluding hydrogens is 408 g/mol. The normalized spacial score (nSPS) is 10.8. The van der Waals surface area contributed by atoms with Gasteiger partial charge in [0.2, 0.25) is 5.91 Å². The number of carboxylic acids is 1. The van der Waals surface area contributed by atoms with E-state index in [4.69, 9.17) is 5.11 Å². The van der Waals surface area contributed by atoms with E-state index in [1.54, 1.807) is 12.1 Å². The van der Waals surface area contributed by atoms with E-state index >= 15 is 0 Å². The molecule has 0 bridgehead atoms. The molecule has 0 fully saturated rings. The first-order valence-electron chi connectivity index (χ1n) is 8.54. The maximum atomic E-state index is 12.2. The van der Waals surface area contributed by atoms with E-state index in [0.717, 1.165) is 16.6 Å². The van der Waals surface area contributed by atoms with Crippen molar-refractivity contribution in [2.24, 2.45) is 0 Å². The number of amides is 1. The van der Waals surface area contributed by atoms with Crippen molar-refractivity contribution >= 4 is 51.6 Å². The van der Waals surface area contributed by atoms with Gasteiger partial charge in [-0.05, 0) is 30.3 Å². The molecule has 0 aliphatic rings. The zero-order valence-corrected chi connectivity index (χ0v) is 16.5. The standard InChI is InChI=1S/C20H14N4O3S2/c25-17(21-14-6-3-5-13(10-14)19(26)27)11-28-20-24-23-18(29-20)16-9-8-12-4-1-2-7-15(12)22-16/h1-10H,11H2,(H,21,25)(H,26,27). The van der Waals surface area contributed by atoms with Crippen molar-refractivity contribution in [1.29, 1.82) is 0 Å². The summed E-state index contributed by atoms with van der Waals surface area (Å²) in [5.74, 6) is -1.16. The third-order valence-corrected chi connectivity index (χ3v) is 6.02. The number of rotatable bonds is 6. The summed E-state index contributed by atoms with van der Waals surface area (Å²) >= 11 is 2.64. The van der Waals surface area contributed by atoms with Crippen molar-refractivity contribution < 1.29 is 14.7 Å². The van der Waals surface area contributed by atoms with E-state index in [1.165, 1.54) is 35.2 Å². The fraction of sp³-hybridized carbons (Fsp3) is 0.0500. The first-order chi connectivity index (χ1) is 14.1. The number of aromatic nitrogens is 3. The second-order valence-electron chi connectivity index (χ2n) is 5.99. The molecular formula is C20H14N4O3S2. The summed E-state index contributed by atoms with van der Waals surface area (Å²) < 4.78 is 0.657. The SMILES string of the molecule is O=C(CSc1nnc(-c2ccc3ccccc3n2)s1)Nc1cccc(C(=O)O)c1. The lowest BCUT2D eigenvalue weighted by Gasteiger charge is -2.04. The van der Waals surface area contributed by atoms with Crippen LogP contribution >= 0.6 is 23.1 Å². The van der Waals surface area contributed by atoms with E-state index in [2.05, 4.69) is 20.5 Å². The number of pyridine rings is 1. The Balaban J connectivity index is 1.39. The summed E-state index contributed by atoms with van der Waals surface area (Å²) in [7, 11) is 0. The maximum Gasteiger partial charge on any atom is 0.335 e. The molecule has 29 heavy (non-hydrogen) atoms. The van der Waals surface area contributed by atoms with Crippen LogP contribution in [0.3, 0.4) is 0 Å². The fourth-order valence-corrected chi connectivity index (χ4v) is 4.23. The minimum atomic E-state index is -1.04. The molecule has 0 radical (unpaired) electrons. The van der Waals surface area contributed by atoms with Gasteiger partial charge in [0.05, 0.1) is 16.8 Å². The number of aromatic carboxylic acids is 1. The van der Waals surface area contributed by atoms with Crippen LogP contribution in [0.5, 0.6) is 0 Å². The monoisotopic (exact) mass is 422 g/mol. The number of carboxylic acid groups (broad SMARTS) is 1. The summed E-state index contributed by atoms with van der Waals surface area (Å²) in [6.45, 7) is 0. The topological polar surface area (TPSA) is 105 Å². The number of carbonyl (C=O) groups is 2. The van der Waals surface area contributed by atoms with Crippen molar-refractivity contribution in [1.82, 2.24) is 15.2 Å². The van der Waals surface area contributed by atoms with Crippen LogP contribution in [-0.4, -0.2) is 37.9 Å². The molecule has 9 heteroatoms. The van der Waals surface area contributed by atoms with Crippen molar-refractivity contribution in [3.63, 3.8) is 0 Å². The minimum Gasteiger partial charge on any atom is -0.478 e. The Morgan fingerprint density at radius 2 is 1.90 bits per heavy atom. The number of fused-ring (bicyclic) bond motifs is 1. The van der Waals surface area contributed by atoms with Crippen molar-refractivity contribution in [3.8, 4) is 10.7 Å². The third kappa shape index (κ3) is 4.58. The Kier molecular flexibility index (Phi) is 5.50. The minimum absolute atomic E-state index is 0.118. The van der Waals surface area contributed by atoms with Gasteiger partial charge in [-0.3, -0.25) is 4.79 Å². The van der Waals surface area contributed by atoms with E-state index in [9.17, 15) is 9.59 Å². The van der Waals surface area contributed by atoms with Gasteiger partial charge in [0.15, 0.2) is 9.35 Å². The molecule has 1 amide bonds. The zero-order chi connectivity index (χ0) is 20.2. The molecule has 2 N–H and O–H groups in total. The second-order valence-corrected chi connectivity index (χ2v) is 8.19. The van der Waals surface area contributed by atoms with E-state index in [0.29, 0.717) is 15.0 Å². The van der Waals surface area contributed by atoms with Gasteiger partial charge in [-0.15, -0.1) is 10.2 Å². The number of benzene rings is 2. The molecule has 7 nitrogen and oxygen atoms in total. The molecule has 144 valence electrons. The summed E-state index contributed by atoms with van der Waals surface area (Å²) in [5, 5.41) is 21.7. The number of thioether (sulfide) groups is 1. The number of nitrogens with one attached hydrogen (secondary N) is 1. The highest BCUT2D eigenvalue weighted by molar-refractivity contribution is 8.01. The Morgan fingerprint density at radius 1 is 1.03 bits per heavy atom. The predicted molar refractivity (Wildman–Crippen MR) is 113 cm³/mol. The number of carbonyl (C=O) groups excluding carboxylic acids is 1. The van der Waals surface area contributed by atoms with Gasteiger partial charge in [-0.2, -0.15) is 0 Å². The van der Waals surface area contributed by atoms with Gasteiger partial charge >= 0.3 is 5.97 Å². The number of hydrogen-bond donors (Lipinski definition) is 2. The molecule has 0 aliphatic heterocycles. The van der Waals surface area contributed by atoms with Crippen LogP contribution in [0.2, 0.25) is 0 Å². The summed E-state index contributed by atoms with van der Waals surface area (Å²) in [5.41, 5.74) is 2.18. The predicted octanol–water partition coefficient (Wildman–Crippen LogP) is 4.18. The highest BCUT2D eigenvalue weighted by Gasteiger charge is 2.12.